The van der Waals surface area contributed by atoms with Crippen molar-refractivity contribution in [3.05, 3.63) is 46.5 Å². The van der Waals surface area contributed by atoms with Crippen LogP contribution in [0.25, 0.3) is 6.08 Å². The molecule has 0 bridgehead atoms. The van der Waals surface area contributed by atoms with Crippen LogP contribution >= 0.6 is 0 Å². The van der Waals surface area contributed by atoms with E-state index in [0.29, 0.717) is 66.8 Å². The number of phenols is 1. The van der Waals surface area contributed by atoms with Crippen LogP contribution in [0, 0.1) is 0 Å². The molecule has 3 rings (SSSR count). The Morgan fingerprint density at radius 3 is 2.15 bits per heavy atom. The lowest BCUT2D eigenvalue weighted by Gasteiger charge is -2.28. The number of hydrogen-bond acceptors (Lipinski definition) is 9. The highest BCUT2D eigenvalue weighted by atomic mass is 16.5. The Labute approximate surface area is 199 Å². The summed E-state index contributed by atoms with van der Waals surface area (Å²) < 4.78 is 26.8. The molecule has 0 saturated carbocycles. The number of phenolic OH excluding ortho intramolecular Hbond substituents is 1. The van der Waals surface area contributed by atoms with Gasteiger partial charge in [-0.3, -0.25) is 9.69 Å². The average molecular weight is 474 g/mol. The molecule has 1 heterocycles. The number of benzene rings is 2. The third-order valence-electron chi connectivity index (χ3n) is 5.70. The van der Waals surface area contributed by atoms with Gasteiger partial charge in [-0.25, -0.2) is 0 Å². The Morgan fingerprint density at radius 1 is 1.00 bits per heavy atom. The minimum absolute atomic E-state index is 0.0339. The number of rotatable bonds is 10. The van der Waals surface area contributed by atoms with Crippen LogP contribution in [-0.4, -0.2) is 75.6 Å². The van der Waals surface area contributed by atoms with Gasteiger partial charge in [-0.1, -0.05) is 6.08 Å². The highest BCUT2D eigenvalue weighted by Gasteiger charge is 2.24. The van der Waals surface area contributed by atoms with Crippen LogP contribution in [0.2, 0.25) is 0 Å². The third kappa shape index (κ3) is 5.44. The number of allylic oxidation sites excluding steroid dienone is 1. The number of morpholine rings is 1. The van der Waals surface area contributed by atoms with Gasteiger partial charge in [0.2, 0.25) is 5.75 Å². The highest BCUT2D eigenvalue weighted by Crippen LogP contribution is 2.39. The minimum Gasteiger partial charge on any atom is -0.507 e. The largest absolute Gasteiger partial charge is 0.507 e. The Bertz CT molecular complexity index is 1020. The predicted octanol–water partition coefficient (Wildman–Crippen LogP) is 2.65. The van der Waals surface area contributed by atoms with E-state index in [1.165, 1.54) is 34.5 Å². The predicted molar refractivity (Wildman–Crippen MR) is 126 cm³/mol. The number of aliphatic hydroxyl groups is 1. The van der Waals surface area contributed by atoms with Crippen LogP contribution in [0.15, 0.2) is 24.3 Å². The van der Waals surface area contributed by atoms with E-state index in [1.807, 2.05) is 0 Å². The quantitative estimate of drug-likeness (QED) is 0.398. The van der Waals surface area contributed by atoms with Crippen LogP contribution in [-0.2, 0) is 17.9 Å². The second-order valence-electron chi connectivity index (χ2n) is 7.64. The summed E-state index contributed by atoms with van der Waals surface area (Å²) in [6, 6.07) is 5.01. The molecule has 2 aromatic rings. The van der Waals surface area contributed by atoms with E-state index in [4.69, 9.17) is 23.7 Å². The SMILES string of the molecule is COc1cc(C=CC(=O)c2c(OC)cc(CO)c(CN3CCOCC3)c2O)cc(OC)c1OC. The van der Waals surface area contributed by atoms with Crippen molar-refractivity contribution in [3.63, 3.8) is 0 Å². The van der Waals surface area contributed by atoms with Gasteiger partial charge < -0.3 is 33.9 Å². The molecule has 0 aromatic heterocycles. The number of carbonyl (C=O) groups excluding carboxylic acids is 1. The van der Waals surface area contributed by atoms with E-state index in [9.17, 15) is 15.0 Å². The van der Waals surface area contributed by atoms with E-state index < -0.39 is 5.78 Å². The van der Waals surface area contributed by atoms with Crippen molar-refractivity contribution in [2.75, 3.05) is 54.7 Å². The van der Waals surface area contributed by atoms with Crippen molar-refractivity contribution in [2.24, 2.45) is 0 Å². The molecule has 34 heavy (non-hydrogen) atoms. The van der Waals surface area contributed by atoms with E-state index in [-0.39, 0.29) is 23.7 Å². The molecular formula is C25H31NO8. The van der Waals surface area contributed by atoms with Gasteiger partial charge in [0.15, 0.2) is 17.3 Å². The number of ether oxygens (including phenoxy) is 5. The van der Waals surface area contributed by atoms with Crippen LogP contribution in [0.3, 0.4) is 0 Å². The fraction of sp³-hybridized carbons (Fsp3) is 0.400. The first kappa shape index (κ1) is 25.4. The van der Waals surface area contributed by atoms with Crippen molar-refractivity contribution in [1.82, 2.24) is 4.90 Å². The summed E-state index contributed by atoms with van der Waals surface area (Å²) in [6.45, 7) is 2.66. The van der Waals surface area contributed by atoms with E-state index in [1.54, 1.807) is 24.3 Å². The fourth-order valence-electron chi connectivity index (χ4n) is 3.89. The normalized spacial score (nSPS) is 14.3. The van der Waals surface area contributed by atoms with Gasteiger partial charge >= 0.3 is 0 Å². The minimum atomic E-state index is -0.448. The first-order valence-corrected chi connectivity index (χ1v) is 10.8. The summed E-state index contributed by atoms with van der Waals surface area (Å²) in [5, 5.41) is 21.0. The van der Waals surface area contributed by atoms with Crippen molar-refractivity contribution in [2.45, 2.75) is 13.2 Å². The molecule has 2 N–H and O–H groups in total. The van der Waals surface area contributed by atoms with Crippen LogP contribution in [0.4, 0.5) is 0 Å². The third-order valence-corrected chi connectivity index (χ3v) is 5.70. The Kier molecular flexibility index (Phi) is 8.75. The van der Waals surface area contributed by atoms with Gasteiger partial charge in [0.25, 0.3) is 0 Å². The molecule has 0 atom stereocenters. The van der Waals surface area contributed by atoms with Gasteiger partial charge in [0.05, 0.1) is 48.3 Å². The van der Waals surface area contributed by atoms with Crippen molar-refractivity contribution in [1.29, 1.82) is 0 Å². The molecule has 1 aliphatic rings. The fourth-order valence-corrected chi connectivity index (χ4v) is 3.89. The summed E-state index contributed by atoms with van der Waals surface area (Å²) >= 11 is 0. The molecule has 2 aromatic carbocycles. The molecule has 1 aliphatic heterocycles. The lowest BCUT2D eigenvalue weighted by atomic mass is 9.97. The van der Waals surface area contributed by atoms with Crippen LogP contribution < -0.4 is 18.9 Å². The smallest absolute Gasteiger partial charge is 0.203 e. The molecule has 0 radical (unpaired) electrons. The summed E-state index contributed by atoms with van der Waals surface area (Å²) in [7, 11) is 5.95. The number of nitrogens with zero attached hydrogens (tertiary/aromatic N) is 1. The molecule has 0 amide bonds. The maximum Gasteiger partial charge on any atom is 0.203 e. The maximum atomic E-state index is 13.2. The summed E-state index contributed by atoms with van der Waals surface area (Å²) in [5.74, 6) is 0.890. The second kappa shape index (κ2) is 11.7. The zero-order chi connectivity index (χ0) is 24.7. The van der Waals surface area contributed by atoms with Crippen molar-refractivity contribution < 1.29 is 38.7 Å². The lowest BCUT2D eigenvalue weighted by Crippen LogP contribution is -2.36. The molecule has 1 saturated heterocycles. The molecule has 9 heteroatoms. The van der Waals surface area contributed by atoms with Gasteiger partial charge in [0, 0.05) is 25.2 Å². The Hall–Kier alpha value is -3.27. The number of hydrogen-bond donors (Lipinski definition) is 2. The number of aromatic hydroxyl groups is 1. The zero-order valence-corrected chi connectivity index (χ0v) is 19.9. The van der Waals surface area contributed by atoms with Gasteiger partial charge in [0.1, 0.15) is 17.1 Å². The number of methoxy groups -OCH3 is 4. The lowest BCUT2D eigenvalue weighted by molar-refractivity contribution is 0.0336. The molecule has 1 fully saturated rings. The molecule has 184 valence electrons. The van der Waals surface area contributed by atoms with Gasteiger partial charge in [-0.15, -0.1) is 0 Å². The van der Waals surface area contributed by atoms with Crippen molar-refractivity contribution >= 4 is 11.9 Å². The summed E-state index contributed by atoms with van der Waals surface area (Å²) in [4.78, 5) is 15.3. The van der Waals surface area contributed by atoms with Crippen LogP contribution in [0.1, 0.15) is 27.0 Å². The first-order chi connectivity index (χ1) is 16.5. The Morgan fingerprint density at radius 2 is 1.62 bits per heavy atom. The topological polar surface area (TPSA) is 107 Å². The summed E-state index contributed by atoms with van der Waals surface area (Å²) in [5.41, 5.74) is 1.68. The van der Waals surface area contributed by atoms with E-state index in [0.717, 1.165) is 0 Å². The van der Waals surface area contributed by atoms with Gasteiger partial charge in [-0.05, 0) is 35.4 Å². The standard InChI is InChI=1S/C25H31NO8/c1-30-20-13-17(15-27)18(14-26-7-9-34-10-8-26)24(29)23(20)19(28)6-5-16-11-21(31-2)25(33-4)22(12-16)32-3/h5-6,11-13,27,29H,7-10,14-15H2,1-4H3. The van der Waals surface area contributed by atoms with E-state index in [2.05, 4.69) is 4.90 Å². The zero-order valence-electron chi connectivity index (χ0n) is 19.9. The Balaban J connectivity index is 1.97. The highest BCUT2D eigenvalue weighted by molar-refractivity contribution is 6.11. The van der Waals surface area contributed by atoms with Gasteiger partial charge in [-0.2, -0.15) is 0 Å². The number of carbonyl (C=O) groups is 1. The monoisotopic (exact) mass is 473 g/mol. The van der Waals surface area contributed by atoms with Crippen LogP contribution in [0.5, 0.6) is 28.7 Å². The second-order valence-corrected chi connectivity index (χ2v) is 7.64. The summed E-state index contributed by atoms with van der Waals surface area (Å²) in [6.07, 6.45) is 2.93. The van der Waals surface area contributed by atoms with Crippen molar-refractivity contribution in [3.8, 4) is 28.7 Å². The number of ketones is 1. The average Bonchev–Trinajstić information content (AvgIpc) is 2.87. The molecule has 0 spiro atoms. The first-order valence-electron chi connectivity index (χ1n) is 10.8. The maximum absolute atomic E-state index is 13.2. The number of aliphatic hydroxyl groups excluding tert-OH is 1. The molecular weight excluding hydrogens is 442 g/mol. The molecule has 0 unspecified atom stereocenters. The molecule has 9 nitrogen and oxygen atoms in total. The molecule has 0 aliphatic carbocycles. The van der Waals surface area contributed by atoms with E-state index >= 15 is 0 Å².